The highest BCUT2D eigenvalue weighted by Crippen LogP contribution is 2.28. The van der Waals surface area contributed by atoms with E-state index in [1.54, 1.807) is 11.8 Å². The second-order valence-corrected chi connectivity index (χ2v) is 7.57. The smallest absolute Gasteiger partial charge is 0.169 e. The minimum absolute atomic E-state index is 0.679. The molecule has 0 aliphatic heterocycles. The summed E-state index contributed by atoms with van der Waals surface area (Å²) in [4.78, 5) is 4.82. The van der Waals surface area contributed by atoms with Gasteiger partial charge in [0.1, 0.15) is 0 Å². The fourth-order valence-electron chi connectivity index (χ4n) is 2.91. The highest BCUT2D eigenvalue weighted by molar-refractivity contribution is 7.98. The van der Waals surface area contributed by atoms with E-state index in [-0.39, 0.29) is 0 Å². The van der Waals surface area contributed by atoms with E-state index in [0.717, 1.165) is 33.5 Å². The van der Waals surface area contributed by atoms with Crippen molar-refractivity contribution >= 4 is 34.4 Å². The molecule has 0 amide bonds. The van der Waals surface area contributed by atoms with Gasteiger partial charge in [0.2, 0.25) is 0 Å². The monoisotopic (exact) mass is 389 g/mol. The molecule has 0 aliphatic carbocycles. The van der Waals surface area contributed by atoms with Crippen LogP contribution in [0.5, 0.6) is 0 Å². The summed E-state index contributed by atoms with van der Waals surface area (Å²) in [7, 11) is 0. The lowest BCUT2D eigenvalue weighted by Gasteiger charge is -2.09. The molecule has 1 heterocycles. The van der Waals surface area contributed by atoms with E-state index in [9.17, 15) is 0 Å². The molecule has 1 aromatic heterocycles. The average molecular weight is 390 g/mol. The first kappa shape index (κ1) is 17.7. The molecule has 0 bridgehead atoms. The Hall–Kier alpha value is -2.74. The molecule has 0 spiro atoms. The Balaban J connectivity index is 1.62. The zero-order chi connectivity index (χ0) is 18.6. The fourth-order valence-corrected chi connectivity index (χ4v) is 4.01. The van der Waals surface area contributed by atoms with Crippen LogP contribution in [-0.4, -0.2) is 9.55 Å². The van der Waals surface area contributed by atoms with Crippen molar-refractivity contribution < 1.29 is 0 Å². The van der Waals surface area contributed by atoms with Crippen LogP contribution in [0.15, 0.2) is 78.0 Å². The third-order valence-corrected chi connectivity index (χ3v) is 5.62. The predicted octanol–water partition coefficient (Wildman–Crippen LogP) is 5.90. The van der Waals surface area contributed by atoms with Gasteiger partial charge in [0.15, 0.2) is 5.16 Å². The number of nitrogens with zero attached hydrogens (tertiary/aromatic N) is 3. The zero-order valence-corrected chi connectivity index (χ0v) is 16.0. The molecule has 4 aromatic rings. The SMILES string of the molecule is N#Cc1ccc(CSc2nc3ccccc3n2Cc2ccc(Cl)cc2)cc1. The molecular weight excluding hydrogens is 374 g/mol. The van der Waals surface area contributed by atoms with Crippen LogP contribution in [0.1, 0.15) is 16.7 Å². The highest BCUT2D eigenvalue weighted by atomic mass is 35.5. The van der Waals surface area contributed by atoms with Gasteiger partial charge in [-0.15, -0.1) is 0 Å². The van der Waals surface area contributed by atoms with E-state index in [4.69, 9.17) is 21.8 Å². The molecular formula is C22H16ClN3S. The Morgan fingerprint density at radius 2 is 1.63 bits per heavy atom. The fraction of sp³-hybridized carbons (Fsp3) is 0.0909. The number of thioether (sulfide) groups is 1. The first-order valence-electron chi connectivity index (χ1n) is 8.54. The molecule has 0 radical (unpaired) electrons. The van der Waals surface area contributed by atoms with Crippen molar-refractivity contribution in [3.8, 4) is 6.07 Å². The maximum absolute atomic E-state index is 8.93. The summed E-state index contributed by atoms with van der Waals surface area (Å²) in [5.74, 6) is 0.801. The standard InChI is InChI=1S/C22H16ClN3S/c23-19-11-9-17(10-12-19)14-26-21-4-2-1-3-20(21)25-22(26)27-15-18-7-5-16(13-24)6-8-18/h1-12H,14-15H2. The highest BCUT2D eigenvalue weighted by Gasteiger charge is 2.12. The lowest BCUT2D eigenvalue weighted by Crippen LogP contribution is -2.01. The van der Waals surface area contributed by atoms with Crippen molar-refractivity contribution in [2.75, 3.05) is 0 Å². The summed E-state index contributed by atoms with van der Waals surface area (Å²) in [6.07, 6.45) is 0. The van der Waals surface area contributed by atoms with Crippen LogP contribution in [0, 0.1) is 11.3 Å². The van der Waals surface area contributed by atoms with Gasteiger partial charge < -0.3 is 4.57 Å². The average Bonchev–Trinajstić information content (AvgIpc) is 3.06. The molecule has 27 heavy (non-hydrogen) atoms. The second kappa shape index (κ2) is 7.87. The number of aromatic nitrogens is 2. The van der Waals surface area contributed by atoms with Gasteiger partial charge in [-0.1, -0.05) is 59.8 Å². The van der Waals surface area contributed by atoms with Crippen LogP contribution >= 0.6 is 23.4 Å². The summed E-state index contributed by atoms with van der Waals surface area (Å²) < 4.78 is 2.24. The van der Waals surface area contributed by atoms with Gasteiger partial charge in [-0.2, -0.15) is 5.26 Å². The first-order chi connectivity index (χ1) is 13.2. The molecule has 0 aliphatic rings. The molecule has 132 valence electrons. The van der Waals surface area contributed by atoms with E-state index in [1.165, 1.54) is 11.1 Å². The summed E-state index contributed by atoms with van der Waals surface area (Å²) in [5, 5.41) is 10.7. The quantitative estimate of drug-likeness (QED) is 0.399. The van der Waals surface area contributed by atoms with Crippen molar-refractivity contribution in [3.05, 3.63) is 94.5 Å². The molecule has 3 nitrogen and oxygen atoms in total. The summed E-state index contributed by atoms with van der Waals surface area (Å²) in [6.45, 7) is 0.743. The molecule has 4 rings (SSSR count). The first-order valence-corrected chi connectivity index (χ1v) is 9.91. The number of imidazole rings is 1. The largest absolute Gasteiger partial charge is 0.314 e. The van der Waals surface area contributed by atoms with Crippen molar-refractivity contribution in [1.82, 2.24) is 9.55 Å². The topological polar surface area (TPSA) is 41.6 Å². The van der Waals surface area contributed by atoms with Gasteiger partial charge in [-0.05, 0) is 47.5 Å². The number of benzene rings is 3. The van der Waals surface area contributed by atoms with E-state index in [1.807, 2.05) is 66.7 Å². The molecule has 0 atom stereocenters. The minimum atomic E-state index is 0.679. The minimum Gasteiger partial charge on any atom is -0.314 e. The van der Waals surface area contributed by atoms with Crippen molar-refractivity contribution in [2.24, 2.45) is 0 Å². The number of rotatable bonds is 5. The molecule has 5 heteroatoms. The molecule has 0 fully saturated rings. The Morgan fingerprint density at radius 1 is 0.926 bits per heavy atom. The number of hydrogen-bond donors (Lipinski definition) is 0. The third-order valence-electron chi connectivity index (χ3n) is 4.32. The lowest BCUT2D eigenvalue weighted by molar-refractivity contribution is 0.731. The zero-order valence-electron chi connectivity index (χ0n) is 14.5. The van der Waals surface area contributed by atoms with Crippen LogP contribution in [0.25, 0.3) is 11.0 Å². The van der Waals surface area contributed by atoms with E-state index >= 15 is 0 Å². The maximum atomic E-state index is 8.93. The molecule has 0 unspecified atom stereocenters. The Morgan fingerprint density at radius 3 is 2.37 bits per heavy atom. The number of halogens is 1. The molecule has 0 saturated heterocycles. The Bertz CT molecular complexity index is 1110. The third kappa shape index (κ3) is 4.00. The lowest BCUT2D eigenvalue weighted by atomic mass is 10.2. The van der Waals surface area contributed by atoms with Crippen LogP contribution in [0.2, 0.25) is 5.02 Å². The molecule has 0 N–H and O–H groups in total. The van der Waals surface area contributed by atoms with E-state index < -0.39 is 0 Å². The summed E-state index contributed by atoms with van der Waals surface area (Å²) >= 11 is 7.72. The maximum Gasteiger partial charge on any atom is 0.169 e. The Labute approximate surface area is 167 Å². The molecule has 3 aromatic carbocycles. The van der Waals surface area contributed by atoms with Gasteiger partial charge in [0.25, 0.3) is 0 Å². The van der Waals surface area contributed by atoms with Crippen molar-refractivity contribution in [1.29, 1.82) is 5.26 Å². The van der Waals surface area contributed by atoms with Crippen LogP contribution in [0.3, 0.4) is 0 Å². The Kier molecular flexibility index (Phi) is 5.15. The van der Waals surface area contributed by atoms with Crippen molar-refractivity contribution in [2.45, 2.75) is 17.5 Å². The molecule has 0 saturated carbocycles. The van der Waals surface area contributed by atoms with Gasteiger partial charge >= 0.3 is 0 Å². The summed E-state index contributed by atoms with van der Waals surface area (Å²) in [5.41, 5.74) is 5.15. The van der Waals surface area contributed by atoms with E-state index in [2.05, 4.69) is 16.7 Å². The van der Waals surface area contributed by atoms with Crippen LogP contribution in [-0.2, 0) is 12.3 Å². The number of hydrogen-bond acceptors (Lipinski definition) is 3. The van der Waals surface area contributed by atoms with Gasteiger partial charge in [-0.3, -0.25) is 0 Å². The number of nitriles is 1. The van der Waals surface area contributed by atoms with Crippen LogP contribution < -0.4 is 0 Å². The number of fused-ring (bicyclic) bond motifs is 1. The van der Waals surface area contributed by atoms with Crippen LogP contribution in [0.4, 0.5) is 0 Å². The van der Waals surface area contributed by atoms with Gasteiger partial charge in [0, 0.05) is 10.8 Å². The van der Waals surface area contributed by atoms with Crippen molar-refractivity contribution in [3.63, 3.8) is 0 Å². The second-order valence-electron chi connectivity index (χ2n) is 6.19. The normalized spacial score (nSPS) is 10.8. The number of para-hydroxylation sites is 2. The summed E-state index contributed by atoms with van der Waals surface area (Å²) in [6, 6.07) is 26.0. The van der Waals surface area contributed by atoms with E-state index in [0.29, 0.717) is 5.56 Å². The predicted molar refractivity (Wildman–Crippen MR) is 111 cm³/mol. The van der Waals surface area contributed by atoms with Gasteiger partial charge in [0.05, 0.1) is 29.2 Å². The van der Waals surface area contributed by atoms with Gasteiger partial charge in [-0.25, -0.2) is 4.98 Å².